The van der Waals surface area contributed by atoms with E-state index in [-0.39, 0.29) is 18.8 Å². The molecule has 0 amide bonds. The normalized spacial score (nSPS) is 26.8. The molecule has 1 aliphatic carbocycles. The molecule has 104 valence electrons. The predicted octanol–water partition coefficient (Wildman–Crippen LogP) is 1.99. The molecule has 0 aliphatic heterocycles. The van der Waals surface area contributed by atoms with Crippen LogP contribution in [0.3, 0.4) is 0 Å². The van der Waals surface area contributed by atoms with Gasteiger partial charge in [0.25, 0.3) is 0 Å². The Morgan fingerprint density at radius 1 is 1.37 bits per heavy atom. The molecule has 0 radical (unpaired) electrons. The molecular weight excluding hydrogens is 278 g/mol. The van der Waals surface area contributed by atoms with Crippen LogP contribution < -0.4 is 0 Å². The van der Waals surface area contributed by atoms with Crippen LogP contribution >= 0.6 is 0 Å². The van der Waals surface area contributed by atoms with Gasteiger partial charge < -0.3 is 5.11 Å². The van der Waals surface area contributed by atoms with E-state index < -0.39 is 37.1 Å². The minimum absolute atomic E-state index is 0.0810. The summed E-state index contributed by atoms with van der Waals surface area (Å²) in [5.74, 6) is -3.66. The van der Waals surface area contributed by atoms with Crippen molar-refractivity contribution in [3.8, 4) is 0 Å². The van der Waals surface area contributed by atoms with Crippen LogP contribution in [0.15, 0.2) is 23.1 Å². The van der Waals surface area contributed by atoms with Crippen LogP contribution in [0.1, 0.15) is 19.8 Å². The number of rotatable bonds is 3. The summed E-state index contributed by atoms with van der Waals surface area (Å²) in [5, 5.41) is 9.16. The lowest BCUT2D eigenvalue weighted by Crippen LogP contribution is -2.55. The minimum atomic E-state index is -4.46. The van der Waals surface area contributed by atoms with Gasteiger partial charge in [-0.3, -0.25) is 4.79 Å². The smallest absolute Gasteiger partial charge is 0.325 e. The molecule has 1 aliphatic rings. The van der Waals surface area contributed by atoms with Crippen molar-refractivity contribution in [3.05, 3.63) is 29.8 Å². The lowest BCUT2D eigenvalue weighted by atomic mass is 9.75. The second kappa shape index (κ2) is 4.26. The van der Waals surface area contributed by atoms with Crippen LogP contribution in [0.5, 0.6) is 0 Å². The standard InChI is InChI=1S/C12H12F2O4S/c1-7-5-12(6-7,11(15)16)19(17,18)10-4-8(13)2-3-9(10)14/h2-4,7H,5-6H2,1H3,(H,15,16). The van der Waals surface area contributed by atoms with Crippen LogP contribution in [0, 0.1) is 17.6 Å². The topological polar surface area (TPSA) is 71.4 Å². The van der Waals surface area contributed by atoms with Gasteiger partial charge in [-0.1, -0.05) is 6.92 Å². The Balaban J connectivity index is 2.59. The minimum Gasteiger partial charge on any atom is -0.480 e. The van der Waals surface area contributed by atoms with Gasteiger partial charge in [0.05, 0.1) is 0 Å². The first-order valence-corrected chi connectivity index (χ1v) is 7.12. The maximum atomic E-state index is 13.6. The number of aliphatic carboxylic acids is 1. The maximum absolute atomic E-state index is 13.6. The molecule has 2 rings (SSSR count). The zero-order valence-electron chi connectivity index (χ0n) is 10.1. The second-order valence-corrected chi connectivity index (χ2v) is 7.12. The Bertz CT molecular complexity index is 633. The molecule has 1 saturated carbocycles. The second-order valence-electron chi connectivity index (χ2n) is 4.89. The molecule has 0 heterocycles. The summed E-state index contributed by atoms with van der Waals surface area (Å²) in [4.78, 5) is 10.4. The Kier molecular flexibility index (Phi) is 3.12. The van der Waals surface area contributed by atoms with Crippen molar-refractivity contribution in [1.82, 2.24) is 0 Å². The van der Waals surface area contributed by atoms with Crippen molar-refractivity contribution < 1.29 is 27.1 Å². The number of sulfone groups is 1. The molecule has 1 N–H and O–H groups in total. The molecule has 0 spiro atoms. The summed E-state index contributed by atoms with van der Waals surface area (Å²) in [6, 6.07) is 1.99. The van der Waals surface area contributed by atoms with Crippen molar-refractivity contribution in [3.63, 3.8) is 0 Å². The monoisotopic (exact) mass is 290 g/mol. The predicted molar refractivity (Wildman–Crippen MR) is 62.3 cm³/mol. The summed E-state index contributed by atoms with van der Waals surface area (Å²) in [5.41, 5.74) is 0. The first-order valence-electron chi connectivity index (χ1n) is 5.64. The Labute approximate surface area is 109 Å². The summed E-state index contributed by atoms with van der Waals surface area (Å²) in [6.07, 6.45) is -0.193. The zero-order chi connectivity index (χ0) is 14.4. The fraction of sp³-hybridized carbons (Fsp3) is 0.417. The van der Waals surface area contributed by atoms with Gasteiger partial charge in [0.2, 0.25) is 0 Å². The van der Waals surface area contributed by atoms with E-state index >= 15 is 0 Å². The van der Waals surface area contributed by atoms with E-state index in [1.165, 1.54) is 0 Å². The molecular formula is C12H12F2O4S. The van der Waals surface area contributed by atoms with Crippen molar-refractivity contribution in [2.45, 2.75) is 29.4 Å². The number of benzene rings is 1. The molecule has 1 fully saturated rings. The largest absolute Gasteiger partial charge is 0.480 e. The fourth-order valence-corrected chi connectivity index (χ4v) is 4.72. The number of carbonyl (C=O) groups is 1. The van der Waals surface area contributed by atoms with E-state index in [2.05, 4.69) is 0 Å². The van der Waals surface area contributed by atoms with Gasteiger partial charge in [-0.05, 0) is 37.0 Å². The highest BCUT2D eigenvalue weighted by atomic mass is 32.2. The quantitative estimate of drug-likeness (QED) is 0.924. The first-order chi connectivity index (χ1) is 8.70. The number of hydrogen-bond acceptors (Lipinski definition) is 3. The molecule has 1 aromatic rings. The van der Waals surface area contributed by atoms with Crippen LogP contribution in [0.2, 0.25) is 0 Å². The molecule has 1 aromatic carbocycles. The van der Waals surface area contributed by atoms with E-state index in [1.807, 2.05) is 0 Å². The Morgan fingerprint density at radius 2 is 1.95 bits per heavy atom. The van der Waals surface area contributed by atoms with Crippen molar-refractivity contribution in [1.29, 1.82) is 0 Å². The lowest BCUT2D eigenvalue weighted by Gasteiger charge is -2.41. The van der Waals surface area contributed by atoms with Crippen LogP contribution in [0.25, 0.3) is 0 Å². The first kappa shape index (κ1) is 13.9. The molecule has 0 aromatic heterocycles. The highest BCUT2D eigenvalue weighted by Gasteiger charge is 2.59. The fourth-order valence-electron chi connectivity index (χ4n) is 2.47. The molecule has 0 bridgehead atoms. The van der Waals surface area contributed by atoms with Crippen LogP contribution in [0.4, 0.5) is 8.78 Å². The molecule has 0 saturated heterocycles. The summed E-state index contributed by atoms with van der Waals surface area (Å²) < 4.78 is 49.2. The summed E-state index contributed by atoms with van der Waals surface area (Å²) in [6.45, 7) is 1.71. The third-order valence-corrected chi connectivity index (χ3v) is 5.87. The van der Waals surface area contributed by atoms with Gasteiger partial charge in [-0.15, -0.1) is 0 Å². The maximum Gasteiger partial charge on any atom is 0.325 e. The van der Waals surface area contributed by atoms with E-state index in [0.717, 1.165) is 6.07 Å². The van der Waals surface area contributed by atoms with E-state index in [0.29, 0.717) is 12.1 Å². The Hall–Kier alpha value is -1.50. The molecule has 19 heavy (non-hydrogen) atoms. The highest BCUT2D eigenvalue weighted by molar-refractivity contribution is 7.93. The highest BCUT2D eigenvalue weighted by Crippen LogP contribution is 2.47. The van der Waals surface area contributed by atoms with Crippen LogP contribution in [-0.4, -0.2) is 24.2 Å². The molecule has 0 atom stereocenters. The van der Waals surface area contributed by atoms with E-state index in [4.69, 9.17) is 5.11 Å². The van der Waals surface area contributed by atoms with E-state index in [9.17, 15) is 22.0 Å². The SMILES string of the molecule is CC1CC(C(=O)O)(S(=O)(=O)c2cc(F)ccc2F)C1. The van der Waals surface area contributed by atoms with Gasteiger partial charge in [0.15, 0.2) is 14.6 Å². The molecule has 0 unspecified atom stereocenters. The average molecular weight is 290 g/mol. The number of carboxylic acid groups (broad SMARTS) is 1. The van der Waals surface area contributed by atoms with E-state index in [1.54, 1.807) is 6.92 Å². The van der Waals surface area contributed by atoms with Crippen LogP contribution in [-0.2, 0) is 14.6 Å². The number of hydrogen-bond donors (Lipinski definition) is 1. The summed E-state index contributed by atoms with van der Waals surface area (Å²) >= 11 is 0. The van der Waals surface area contributed by atoms with Gasteiger partial charge in [-0.2, -0.15) is 0 Å². The number of halogens is 2. The van der Waals surface area contributed by atoms with Gasteiger partial charge >= 0.3 is 5.97 Å². The van der Waals surface area contributed by atoms with Crippen molar-refractivity contribution in [2.75, 3.05) is 0 Å². The van der Waals surface area contributed by atoms with Gasteiger partial charge in [0.1, 0.15) is 16.5 Å². The third-order valence-electron chi connectivity index (χ3n) is 3.44. The van der Waals surface area contributed by atoms with Crippen molar-refractivity contribution >= 4 is 15.8 Å². The van der Waals surface area contributed by atoms with Crippen molar-refractivity contribution in [2.24, 2.45) is 5.92 Å². The van der Waals surface area contributed by atoms with Gasteiger partial charge in [-0.25, -0.2) is 17.2 Å². The summed E-state index contributed by atoms with van der Waals surface area (Å²) in [7, 11) is -4.46. The zero-order valence-corrected chi connectivity index (χ0v) is 10.9. The number of carboxylic acids is 1. The van der Waals surface area contributed by atoms with Gasteiger partial charge in [0, 0.05) is 0 Å². The average Bonchev–Trinajstić information content (AvgIpc) is 2.27. The lowest BCUT2D eigenvalue weighted by molar-refractivity contribution is -0.143. The molecule has 7 heteroatoms. The molecule has 4 nitrogen and oxygen atoms in total. The Morgan fingerprint density at radius 3 is 2.42 bits per heavy atom. The third kappa shape index (κ3) is 1.92.